The molecule has 2 N–H and O–H groups in total. The number of piperazine rings is 1. The number of amides is 3. The van der Waals surface area contributed by atoms with Crippen LogP contribution >= 0.6 is 0 Å². The van der Waals surface area contributed by atoms with E-state index in [4.69, 9.17) is 4.42 Å². The minimum absolute atomic E-state index is 0.0236. The van der Waals surface area contributed by atoms with Gasteiger partial charge < -0.3 is 19.5 Å². The Kier molecular flexibility index (Phi) is 4.87. The molecule has 0 radical (unpaired) electrons. The summed E-state index contributed by atoms with van der Waals surface area (Å²) < 4.78 is 5.02. The molecule has 2 heterocycles. The highest BCUT2D eigenvalue weighted by Gasteiger charge is 2.26. The van der Waals surface area contributed by atoms with Crippen LogP contribution in [0.15, 0.2) is 27.4 Å². The van der Waals surface area contributed by atoms with Gasteiger partial charge in [0.25, 0.3) is 5.91 Å². The van der Waals surface area contributed by atoms with Gasteiger partial charge in [-0.25, -0.2) is 9.59 Å². The van der Waals surface area contributed by atoms with Gasteiger partial charge in [0.1, 0.15) is 0 Å². The van der Waals surface area contributed by atoms with Gasteiger partial charge >= 0.3 is 11.8 Å². The summed E-state index contributed by atoms with van der Waals surface area (Å²) in [5, 5.41) is 3.12. The first kappa shape index (κ1) is 17.6. The van der Waals surface area contributed by atoms with Crippen LogP contribution in [0, 0.1) is 0 Å². The molecule has 1 aliphatic carbocycles. The van der Waals surface area contributed by atoms with Crippen LogP contribution in [0.25, 0.3) is 11.1 Å². The van der Waals surface area contributed by atoms with Crippen molar-refractivity contribution in [2.24, 2.45) is 0 Å². The molecule has 0 atom stereocenters. The Morgan fingerprint density at radius 3 is 2.48 bits per heavy atom. The quantitative estimate of drug-likeness (QED) is 0.841. The fraction of sp³-hybridized carbons (Fsp3) is 0.526. The highest BCUT2D eigenvalue weighted by atomic mass is 16.4. The fourth-order valence-corrected chi connectivity index (χ4v) is 3.89. The van der Waals surface area contributed by atoms with Gasteiger partial charge in [-0.05, 0) is 31.0 Å². The van der Waals surface area contributed by atoms with Crippen LogP contribution < -0.4 is 11.1 Å². The van der Waals surface area contributed by atoms with E-state index in [0.29, 0.717) is 42.8 Å². The number of urea groups is 1. The van der Waals surface area contributed by atoms with E-state index < -0.39 is 5.76 Å². The molecule has 1 aliphatic heterocycles. The predicted molar refractivity (Wildman–Crippen MR) is 99.7 cm³/mol. The lowest BCUT2D eigenvalue weighted by atomic mass is 9.96. The number of oxazole rings is 1. The topological polar surface area (TPSA) is 98.6 Å². The number of carbonyl (C=O) groups is 2. The monoisotopic (exact) mass is 372 g/mol. The van der Waals surface area contributed by atoms with Crippen molar-refractivity contribution in [3.63, 3.8) is 0 Å². The first-order chi connectivity index (χ1) is 13.1. The first-order valence-corrected chi connectivity index (χ1v) is 9.58. The number of hydrogen-bond donors (Lipinski definition) is 2. The molecule has 2 aromatic rings. The molecule has 4 rings (SSSR count). The number of aromatic amines is 1. The Hall–Kier alpha value is -2.77. The lowest BCUT2D eigenvalue weighted by Crippen LogP contribution is -2.54. The zero-order valence-corrected chi connectivity index (χ0v) is 15.2. The first-order valence-electron chi connectivity index (χ1n) is 9.58. The van der Waals surface area contributed by atoms with Gasteiger partial charge in [-0.15, -0.1) is 0 Å². The summed E-state index contributed by atoms with van der Waals surface area (Å²) in [6, 6.07) is 5.19. The maximum absolute atomic E-state index is 12.7. The average molecular weight is 372 g/mol. The summed E-state index contributed by atoms with van der Waals surface area (Å²) in [5.41, 5.74) is 1.42. The summed E-state index contributed by atoms with van der Waals surface area (Å²) in [7, 11) is 0. The van der Waals surface area contributed by atoms with E-state index in [0.717, 1.165) is 12.8 Å². The van der Waals surface area contributed by atoms with Crippen LogP contribution in [-0.4, -0.2) is 58.9 Å². The van der Waals surface area contributed by atoms with Gasteiger partial charge in [-0.2, -0.15) is 0 Å². The summed E-state index contributed by atoms with van der Waals surface area (Å²) in [5.74, 6) is -0.653. The van der Waals surface area contributed by atoms with Crippen molar-refractivity contribution in [1.82, 2.24) is 20.1 Å². The lowest BCUT2D eigenvalue weighted by Gasteiger charge is -2.36. The maximum atomic E-state index is 12.7. The minimum atomic E-state index is -0.535. The molecule has 2 aliphatic rings. The molecule has 1 saturated carbocycles. The van der Waals surface area contributed by atoms with E-state index in [1.165, 1.54) is 19.3 Å². The number of rotatable bonds is 2. The highest BCUT2D eigenvalue weighted by Crippen LogP contribution is 2.18. The van der Waals surface area contributed by atoms with Crippen LogP contribution in [0.5, 0.6) is 0 Å². The smallest absolute Gasteiger partial charge is 0.408 e. The number of fused-ring (bicyclic) bond motifs is 1. The number of carbonyl (C=O) groups excluding carboxylic acids is 2. The number of aromatic nitrogens is 1. The molecular formula is C19H24N4O4. The second kappa shape index (κ2) is 7.46. The molecule has 8 nitrogen and oxygen atoms in total. The summed E-state index contributed by atoms with van der Waals surface area (Å²) in [6.07, 6.45) is 5.73. The molecule has 1 aromatic carbocycles. The number of benzene rings is 1. The maximum Gasteiger partial charge on any atom is 0.417 e. The molecule has 1 saturated heterocycles. The van der Waals surface area contributed by atoms with Crippen molar-refractivity contribution >= 4 is 23.0 Å². The van der Waals surface area contributed by atoms with Gasteiger partial charge in [0.2, 0.25) is 0 Å². The van der Waals surface area contributed by atoms with Crippen molar-refractivity contribution in [2.75, 3.05) is 26.2 Å². The third-order valence-electron chi connectivity index (χ3n) is 5.45. The van der Waals surface area contributed by atoms with Gasteiger partial charge in [-0.3, -0.25) is 9.78 Å². The number of H-pyrrole nitrogens is 1. The zero-order valence-electron chi connectivity index (χ0n) is 15.2. The minimum Gasteiger partial charge on any atom is -0.408 e. The molecule has 3 amide bonds. The van der Waals surface area contributed by atoms with E-state index in [2.05, 4.69) is 10.3 Å². The molecule has 8 heteroatoms. The summed E-state index contributed by atoms with van der Waals surface area (Å²) in [4.78, 5) is 42.5. The van der Waals surface area contributed by atoms with E-state index in [1.807, 2.05) is 0 Å². The number of hydrogen-bond acceptors (Lipinski definition) is 4. The van der Waals surface area contributed by atoms with Crippen LogP contribution in [0.2, 0.25) is 0 Å². The Balaban J connectivity index is 1.34. The van der Waals surface area contributed by atoms with E-state index in [9.17, 15) is 14.4 Å². The molecule has 1 aromatic heterocycles. The predicted octanol–water partition coefficient (Wildman–Crippen LogP) is 1.92. The Labute approximate surface area is 156 Å². The van der Waals surface area contributed by atoms with Gasteiger partial charge in [0, 0.05) is 37.8 Å². The normalized spacial score (nSPS) is 18.7. The summed E-state index contributed by atoms with van der Waals surface area (Å²) in [6.45, 7) is 2.02. The lowest BCUT2D eigenvalue weighted by molar-refractivity contribution is 0.0662. The molecule has 27 heavy (non-hydrogen) atoms. The SMILES string of the molecule is O=C(NC1CCCCC1)N1CCN(C(=O)c2ccc3[nH]c(=O)oc3c2)CC1. The second-order valence-electron chi connectivity index (χ2n) is 7.29. The largest absolute Gasteiger partial charge is 0.417 e. The third-order valence-corrected chi connectivity index (χ3v) is 5.45. The third kappa shape index (κ3) is 3.84. The standard InChI is InChI=1S/C19H24N4O4/c24-17(13-6-7-15-16(12-13)27-19(26)21-15)22-8-10-23(11-9-22)18(25)20-14-4-2-1-3-5-14/h6-7,12,14H,1-5,8-11H2,(H,20,25)(H,21,26). The van der Waals surface area contributed by atoms with Crippen molar-refractivity contribution < 1.29 is 14.0 Å². The molecule has 144 valence electrons. The molecule has 0 bridgehead atoms. The fourth-order valence-electron chi connectivity index (χ4n) is 3.89. The second-order valence-corrected chi connectivity index (χ2v) is 7.29. The Bertz CT molecular complexity index is 888. The molecule has 2 fully saturated rings. The van der Waals surface area contributed by atoms with Gasteiger partial charge in [0.15, 0.2) is 5.58 Å². The zero-order chi connectivity index (χ0) is 18.8. The van der Waals surface area contributed by atoms with Crippen molar-refractivity contribution in [2.45, 2.75) is 38.1 Å². The molecule has 0 unspecified atom stereocenters. The number of nitrogens with one attached hydrogen (secondary N) is 2. The molecular weight excluding hydrogens is 348 g/mol. The van der Waals surface area contributed by atoms with E-state index in [1.54, 1.807) is 28.0 Å². The van der Waals surface area contributed by atoms with Crippen LogP contribution in [0.3, 0.4) is 0 Å². The van der Waals surface area contributed by atoms with Crippen molar-refractivity contribution in [1.29, 1.82) is 0 Å². The van der Waals surface area contributed by atoms with Crippen LogP contribution in [0.1, 0.15) is 42.5 Å². The average Bonchev–Trinajstić information content (AvgIpc) is 3.07. The van der Waals surface area contributed by atoms with E-state index >= 15 is 0 Å². The van der Waals surface area contributed by atoms with E-state index in [-0.39, 0.29) is 18.0 Å². The number of nitrogens with zero attached hydrogens (tertiary/aromatic N) is 2. The van der Waals surface area contributed by atoms with Crippen molar-refractivity contribution in [3.05, 3.63) is 34.3 Å². The van der Waals surface area contributed by atoms with Crippen LogP contribution in [0.4, 0.5) is 4.79 Å². The van der Waals surface area contributed by atoms with Gasteiger partial charge in [0.05, 0.1) is 5.52 Å². The van der Waals surface area contributed by atoms with Crippen LogP contribution in [-0.2, 0) is 0 Å². The molecule has 0 spiro atoms. The Morgan fingerprint density at radius 2 is 1.74 bits per heavy atom. The summed E-state index contributed by atoms with van der Waals surface area (Å²) >= 11 is 0. The highest BCUT2D eigenvalue weighted by molar-refractivity contribution is 5.97. The van der Waals surface area contributed by atoms with Gasteiger partial charge in [-0.1, -0.05) is 19.3 Å². The Morgan fingerprint density at radius 1 is 1.04 bits per heavy atom. The van der Waals surface area contributed by atoms with Crippen molar-refractivity contribution in [3.8, 4) is 0 Å².